The van der Waals surface area contributed by atoms with Gasteiger partial charge in [-0.1, -0.05) is 6.07 Å². The number of hydrogen-bond donors (Lipinski definition) is 2. The zero-order chi connectivity index (χ0) is 11.3. The van der Waals surface area contributed by atoms with Crippen LogP contribution in [0.4, 0.5) is 5.69 Å². The van der Waals surface area contributed by atoms with E-state index < -0.39 is 0 Å². The summed E-state index contributed by atoms with van der Waals surface area (Å²) >= 11 is 0. The molecule has 0 atom stereocenters. The minimum atomic E-state index is -0.00227. The molecular weight excluding hydrogens is 190 g/mol. The van der Waals surface area contributed by atoms with Gasteiger partial charge in [0, 0.05) is 31.4 Å². The van der Waals surface area contributed by atoms with Gasteiger partial charge in [0.2, 0.25) is 0 Å². The molecule has 1 rings (SSSR count). The molecule has 0 aromatic heterocycles. The van der Waals surface area contributed by atoms with Crippen LogP contribution in [-0.2, 0) is 0 Å². The number of hydrogen-bond acceptors (Lipinski definition) is 3. The number of nitrogens with one attached hydrogen (secondary N) is 1. The van der Waals surface area contributed by atoms with Crippen LogP contribution in [0.25, 0.3) is 0 Å². The summed E-state index contributed by atoms with van der Waals surface area (Å²) in [7, 11) is 3.64. The number of likely N-dealkylation sites (N-methyl/N-ethyl adjacent to an activating group) is 2. The van der Waals surface area contributed by atoms with E-state index in [0.717, 1.165) is 6.54 Å². The van der Waals surface area contributed by atoms with Gasteiger partial charge < -0.3 is 16.0 Å². The molecule has 15 heavy (non-hydrogen) atoms. The van der Waals surface area contributed by atoms with Crippen LogP contribution in [0.3, 0.4) is 0 Å². The van der Waals surface area contributed by atoms with Crippen LogP contribution in [0.2, 0.25) is 0 Å². The number of benzene rings is 1. The van der Waals surface area contributed by atoms with Crippen LogP contribution in [-0.4, -0.2) is 38.0 Å². The van der Waals surface area contributed by atoms with Crippen LogP contribution in [0.15, 0.2) is 24.3 Å². The second-order valence-corrected chi connectivity index (χ2v) is 3.46. The summed E-state index contributed by atoms with van der Waals surface area (Å²) in [5, 5.41) is 3.00. The molecule has 4 heteroatoms. The van der Waals surface area contributed by atoms with Crippen LogP contribution in [0.1, 0.15) is 10.4 Å². The fourth-order valence-electron chi connectivity index (χ4n) is 1.27. The lowest BCUT2D eigenvalue weighted by Gasteiger charge is -2.16. The highest BCUT2D eigenvalue weighted by molar-refractivity contribution is 5.94. The first-order valence-electron chi connectivity index (χ1n) is 4.90. The SMILES string of the molecule is CNCCN(C)C(=O)c1cccc(N)c1. The second-order valence-electron chi connectivity index (χ2n) is 3.46. The molecule has 0 saturated heterocycles. The molecule has 0 aliphatic heterocycles. The number of anilines is 1. The first-order chi connectivity index (χ1) is 7.15. The van der Waals surface area contributed by atoms with E-state index >= 15 is 0 Å². The van der Waals surface area contributed by atoms with Gasteiger partial charge in [0.15, 0.2) is 0 Å². The number of carbonyl (C=O) groups is 1. The molecule has 0 bridgehead atoms. The topological polar surface area (TPSA) is 58.4 Å². The summed E-state index contributed by atoms with van der Waals surface area (Å²) in [5.74, 6) is -0.00227. The zero-order valence-corrected chi connectivity index (χ0v) is 9.16. The van der Waals surface area contributed by atoms with Crippen LogP contribution in [0, 0.1) is 0 Å². The Morgan fingerprint density at radius 3 is 2.87 bits per heavy atom. The first kappa shape index (κ1) is 11.5. The maximum Gasteiger partial charge on any atom is 0.253 e. The average molecular weight is 207 g/mol. The molecule has 0 spiro atoms. The van der Waals surface area contributed by atoms with Crippen molar-refractivity contribution >= 4 is 11.6 Å². The molecule has 0 fully saturated rings. The summed E-state index contributed by atoms with van der Waals surface area (Å²) < 4.78 is 0. The standard InChI is InChI=1S/C11H17N3O/c1-13-6-7-14(2)11(15)9-4-3-5-10(12)8-9/h3-5,8,13H,6-7,12H2,1-2H3. The van der Waals surface area contributed by atoms with Crippen LogP contribution in [0.5, 0.6) is 0 Å². The van der Waals surface area contributed by atoms with Crippen molar-refractivity contribution in [2.75, 3.05) is 32.9 Å². The van der Waals surface area contributed by atoms with E-state index in [2.05, 4.69) is 5.32 Å². The number of rotatable bonds is 4. The molecule has 1 aromatic rings. The summed E-state index contributed by atoms with van der Waals surface area (Å²) in [5.41, 5.74) is 6.86. The van der Waals surface area contributed by atoms with Gasteiger partial charge >= 0.3 is 0 Å². The number of nitrogens with two attached hydrogens (primary N) is 1. The first-order valence-corrected chi connectivity index (χ1v) is 4.90. The van der Waals surface area contributed by atoms with Gasteiger partial charge in [0.1, 0.15) is 0 Å². The lowest BCUT2D eigenvalue weighted by Crippen LogP contribution is -2.32. The van der Waals surface area contributed by atoms with Gasteiger partial charge in [-0.25, -0.2) is 0 Å². The normalized spacial score (nSPS) is 10.0. The summed E-state index contributed by atoms with van der Waals surface area (Å²) in [6, 6.07) is 7.02. The quantitative estimate of drug-likeness (QED) is 0.709. The maximum absolute atomic E-state index is 11.8. The van der Waals surface area contributed by atoms with E-state index in [1.807, 2.05) is 7.05 Å². The van der Waals surface area contributed by atoms with Crippen molar-refractivity contribution in [3.8, 4) is 0 Å². The van der Waals surface area contributed by atoms with E-state index in [4.69, 9.17) is 5.73 Å². The molecule has 0 aliphatic rings. The van der Waals surface area contributed by atoms with Crippen molar-refractivity contribution in [1.82, 2.24) is 10.2 Å². The molecule has 82 valence electrons. The van der Waals surface area contributed by atoms with Crippen molar-refractivity contribution in [3.63, 3.8) is 0 Å². The minimum absolute atomic E-state index is 0.00227. The van der Waals surface area contributed by atoms with Gasteiger partial charge in [-0.05, 0) is 25.2 Å². The molecule has 1 aromatic carbocycles. The Bertz CT molecular complexity index is 338. The van der Waals surface area contributed by atoms with E-state index in [0.29, 0.717) is 17.8 Å². The van der Waals surface area contributed by atoms with E-state index in [1.165, 1.54) is 0 Å². The molecule has 0 unspecified atom stereocenters. The Balaban J connectivity index is 2.67. The Morgan fingerprint density at radius 1 is 1.53 bits per heavy atom. The van der Waals surface area contributed by atoms with Gasteiger partial charge in [-0.2, -0.15) is 0 Å². The third-order valence-electron chi connectivity index (χ3n) is 2.18. The van der Waals surface area contributed by atoms with Crippen molar-refractivity contribution in [2.45, 2.75) is 0 Å². The van der Waals surface area contributed by atoms with Gasteiger partial charge in [0.05, 0.1) is 0 Å². The lowest BCUT2D eigenvalue weighted by atomic mass is 10.2. The fourth-order valence-corrected chi connectivity index (χ4v) is 1.27. The van der Waals surface area contributed by atoms with Gasteiger partial charge in [0.25, 0.3) is 5.91 Å². The second kappa shape index (κ2) is 5.36. The van der Waals surface area contributed by atoms with Crippen LogP contribution < -0.4 is 11.1 Å². The highest BCUT2D eigenvalue weighted by Gasteiger charge is 2.10. The summed E-state index contributed by atoms with van der Waals surface area (Å²) in [4.78, 5) is 13.5. The van der Waals surface area contributed by atoms with E-state index in [9.17, 15) is 4.79 Å². The van der Waals surface area contributed by atoms with Crippen LogP contribution >= 0.6 is 0 Å². The molecule has 3 N–H and O–H groups in total. The zero-order valence-electron chi connectivity index (χ0n) is 9.16. The number of nitrogen functional groups attached to an aromatic ring is 1. The van der Waals surface area contributed by atoms with E-state index in [-0.39, 0.29) is 5.91 Å². The van der Waals surface area contributed by atoms with Gasteiger partial charge in [-0.3, -0.25) is 4.79 Å². The third kappa shape index (κ3) is 3.25. The monoisotopic (exact) mass is 207 g/mol. The van der Waals surface area contributed by atoms with Gasteiger partial charge in [-0.15, -0.1) is 0 Å². The molecular formula is C11H17N3O. The number of amides is 1. The minimum Gasteiger partial charge on any atom is -0.399 e. The predicted octanol–water partition coefficient (Wildman–Crippen LogP) is 0.560. The fraction of sp³-hybridized carbons (Fsp3) is 0.364. The molecule has 0 aliphatic carbocycles. The summed E-state index contributed by atoms with van der Waals surface area (Å²) in [6.07, 6.45) is 0. The number of nitrogens with zero attached hydrogens (tertiary/aromatic N) is 1. The average Bonchev–Trinajstić information content (AvgIpc) is 2.24. The third-order valence-corrected chi connectivity index (χ3v) is 2.18. The van der Waals surface area contributed by atoms with Crippen molar-refractivity contribution in [3.05, 3.63) is 29.8 Å². The Morgan fingerprint density at radius 2 is 2.27 bits per heavy atom. The molecule has 0 heterocycles. The van der Waals surface area contributed by atoms with Crippen molar-refractivity contribution in [2.24, 2.45) is 0 Å². The predicted molar refractivity (Wildman–Crippen MR) is 61.7 cm³/mol. The smallest absolute Gasteiger partial charge is 0.253 e. The molecule has 0 saturated carbocycles. The van der Waals surface area contributed by atoms with E-state index in [1.54, 1.807) is 36.2 Å². The Hall–Kier alpha value is -1.55. The lowest BCUT2D eigenvalue weighted by molar-refractivity contribution is 0.0797. The Labute approximate surface area is 90.1 Å². The molecule has 1 amide bonds. The highest BCUT2D eigenvalue weighted by Crippen LogP contribution is 2.08. The highest BCUT2D eigenvalue weighted by atomic mass is 16.2. The maximum atomic E-state index is 11.8. The van der Waals surface area contributed by atoms with Crippen molar-refractivity contribution in [1.29, 1.82) is 0 Å². The molecule has 4 nitrogen and oxygen atoms in total. The Kier molecular flexibility index (Phi) is 4.12. The largest absolute Gasteiger partial charge is 0.399 e. The number of carbonyl (C=O) groups excluding carboxylic acids is 1. The van der Waals surface area contributed by atoms with Crippen molar-refractivity contribution < 1.29 is 4.79 Å². The summed E-state index contributed by atoms with van der Waals surface area (Å²) in [6.45, 7) is 1.47. The molecule has 0 radical (unpaired) electrons.